The van der Waals surface area contributed by atoms with Gasteiger partial charge in [0.1, 0.15) is 0 Å². The number of carbonyl (C=O) groups excluding carboxylic acids is 1. The fourth-order valence-corrected chi connectivity index (χ4v) is 2.35. The number of fused-ring (bicyclic) bond motifs is 1. The van der Waals surface area contributed by atoms with Crippen molar-refractivity contribution in [1.82, 2.24) is 10.6 Å². The monoisotopic (exact) mass is 352 g/mol. The maximum absolute atomic E-state index is 13.4. The maximum Gasteiger partial charge on any atom is 0.492 e. The number of ether oxygens (including phenoxy) is 2. The number of halogens is 3. The molecule has 2 aromatic rings. The van der Waals surface area contributed by atoms with E-state index in [1.165, 1.54) is 24.3 Å². The first-order valence-electron chi connectivity index (χ1n) is 7.53. The van der Waals surface area contributed by atoms with E-state index >= 15 is 0 Å². The molecule has 0 spiro atoms. The zero-order chi connectivity index (χ0) is 17.9. The topological polar surface area (TPSA) is 59.6 Å². The number of rotatable bonds is 4. The molecule has 0 aliphatic carbocycles. The quantitative estimate of drug-likeness (QED) is 0.888. The molecule has 0 saturated carbocycles. The Morgan fingerprint density at radius 3 is 2.08 bits per heavy atom. The van der Waals surface area contributed by atoms with Crippen molar-refractivity contribution < 1.29 is 27.4 Å². The summed E-state index contributed by atoms with van der Waals surface area (Å²) in [6.45, 7) is 0.163. The summed E-state index contributed by atoms with van der Waals surface area (Å²) in [4.78, 5) is 11.9. The van der Waals surface area contributed by atoms with Crippen LogP contribution >= 0.6 is 0 Å². The van der Waals surface area contributed by atoms with Crippen molar-refractivity contribution in [2.45, 2.75) is 18.5 Å². The average molecular weight is 352 g/mol. The minimum atomic E-state index is -4.97. The van der Waals surface area contributed by atoms with Gasteiger partial charge >= 0.3 is 18.1 Å². The van der Waals surface area contributed by atoms with Gasteiger partial charge < -0.3 is 14.8 Å². The lowest BCUT2D eigenvalue weighted by atomic mass is 10.1. The van der Waals surface area contributed by atoms with E-state index in [9.17, 15) is 18.0 Å². The summed E-state index contributed by atoms with van der Waals surface area (Å²) in [6, 6.07) is 13.9. The number of carbonyl (C=O) groups is 1. The van der Waals surface area contributed by atoms with Crippen LogP contribution in [0, 0.1) is 0 Å². The number of amides is 2. The summed E-state index contributed by atoms with van der Waals surface area (Å²) in [6.07, 6.45) is -4.49. The molecule has 2 N–H and O–H groups in total. The van der Waals surface area contributed by atoms with E-state index in [-0.39, 0.29) is 18.0 Å². The van der Waals surface area contributed by atoms with Crippen LogP contribution in [-0.2, 0) is 6.42 Å². The molecule has 2 amide bonds. The molecule has 0 atom stereocenters. The number of benzene rings is 2. The van der Waals surface area contributed by atoms with E-state index in [0.717, 1.165) is 5.56 Å². The first-order chi connectivity index (χ1) is 11.9. The van der Waals surface area contributed by atoms with Crippen LogP contribution < -0.4 is 20.1 Å². The zero-order valence-electron chi connectivity index (χ0n) is 13.0. The molecule has 0 radical (unpaired) electrons. The van der Waals surface area contributed by atoms with E-state index in [1.54, 1.807) is 5.32 Å². The first kappa shape index (κ1) is 16.9. The first-order valence-corrected chi connectivity index (χ1v) is 7.53. The lowest BCUT2D eigenvalue weighted by Gasteiger charge is -2.29. The van der Waals surface area contributed by atoms with Crippen molar-refractivity contribution >= 4 is 6.03 Å². The number of alkyl halides is 3. The second-order valence-corrected chi connectivity index (χ2v) is 5.38. The van der Waals surface area contributed by atoms with Crippen LogP contribution in [0.25, 0.3) is 0 Å². The molecule has 0 unspecified atom stereocenters. The molecule has 1 aliphatic rings. The Bertz CT molecular complexity index is 725. The molecular weight excluding hydrogens is 337 g/mol. The van der Waals surface area contributed by atoms with Crippen molar-refractivity contribution in [2.75, 3.05) is 6.54 Å². The minimum Gasteiger partial charge on any atom is -0.424 e. The van der Waals surface area contributed by atoms with Crippen molar-refractivity contribution in [3.05, 3.63) is 60.2 Å². The molecule has 1 heterocycles. The molecule has 5 nitrogen and oxygen atoms in total. The molecule has 0 fully saturated rings. The average Bonchev–Trinajstić information content (AvgIpc) is 2.95. The SMILES string of the molecule is O=C(NCCc1ccccc1)NC1(C(F)(F)F)Oc2ccccc2O1. The standard InChI is InChI=1S/C17H15F3N2O3/c18-16(19,20)17(24-13-8-4-5-9-14(13)25-17)22-15(23)21-11-10-12-6-2-1-3-7-12/h1-9H,10-11H2,(H2,21,22,23). The van der Waals surface area contributed by atoms with Gasteiger partial charge in [-0.1, -0.05) is 42.5 Å². The third kappa shape index (κ3) is 3.62. The summed E-state index contributed by atoms with van der Waals surface area (Å²) >= 11 is 0. The number of urea groups is 1. The van der Waals surface area contributed by atoms with Crippen LogP contribution in [0.4, 0.5) is 18.0 Å². The summed E-state index contributed by atoms with van der Waals surface area (Å²) in [5.41, 5.74) is 0.953. The Balaban J connectivity index is 1.63. The summed E-state index contributed by atoms with van der Waals surface area (Å²) in [5.74, 6) is -3.43. The van der Waals surface area contributed by atoms with Gasteiger partial charge in [-0.2, -0.15) is 13.2 Å². The smallest absolute Gasteiger partial charge is 0.424 e. The zero-order valence-corrected chi connectivity index (χ0v) is 13.0. The Kier molecular flexibility index (Phi) is 4.43. The molecule has 25 heavy (non-hydrogen) atoms. The van der Waals surface area contributed by atoms with Crippen molar-refractivity contribution in [1.29, 1.82) is 0 Å². The predicted molar refractivity (Wildman–Crippen MR) is 83.2 cm³/mol. The molecule has 3 rings (SSSR count). The predicted octanol–water partition coefficient (Wildman–Crippen LogP) is 3.22. The number of hydrogen-bond donors (Lipinski definition) is 2. The Morgan fingerprint density at radius 2 is 1.52 bits per heavy atom. The second-order valence-electron chi connectivity index (χ2n) is 5.38. The van der Waals surface area contributed by atoms with Gasteiger partial charge in [-0.3, -0.25) is 5.32 Å². The van der Waals surface area contributed by atoms with E-state index in [0.29, 0.717) is 6.42 Å². The second kappa shape index (κ2) is 6.54. The highest BCUT2D eigenvalue weighted by Gasteiger charge is 2.65. The van der Waals surface area contributed by atoms with Crippen molar-refractivity contribution in [2.24, 2.45) is 0 Å². The van der Waals surface area contributed by atoms with Crippen LogP contribution in [0.1, 0.15) is 5.56 Å². The lowest BCUT2D eigenvalue weighted by molar-refractivity contribution is -0.317. The highest BCUT2D eigenvalue weighted by molar-refractivity contribution is 5.74. The van der Waals surface area contributed by atoms with Gasteiger partial charge in [0.2, 0.25) is 0 Å². The number of para-hydroxylation sites is 2. The van der Waals surface area contributed by atoms with Gasteiger partial charge in [-0.15, -0.1) is 0 Å². The molecule has 0 aromatic heterocycles. The van der Waals surface area contributed by atoms with Crippen LogP contribution in [0.2, 0.25) is 0 Å². The third-order valence-corrected chi connectivity index (χ3v) is 3.55. The van der Waals surface area contributed by atoms with Gasteiger partial charge in [0.05, 0.1) is 0 Å². The normalized spacial score (nSPS) is 14.8. The highest BCUT2D eigenvalue weighted by Crippen LogP contribution is 2.44. The molecule has 8 heteroatoms. The Morgan fingerprint density at radius 1 is 0.960 bits per heavy atom. The van der Waals surface area contributed by atoms with E-state index < -0.39 is 18.1 Å². The summed E-state index contributed by atoms with van der Waals surface area (Å²) in [7, 11) is 0. The fourth-order valence-electron chi connectivity index (χ4n) is 2.35. The summed E-state index contributed by atoms with van der Waals surface area (Å²) in [5, 5.41) is 4.12. The van der Waals surface area contributed by atoms with E-state index in [2.05, 4.69) is 5.32 Å². The molecule has 0 saturated heterocycles. The van der Waals surface area contributed by atoms with Crippen LogP contribution in [0.3, 0.4) is 0 Å². The fraction of sp³-hybridized carbons (Fsp3) is 0.235. The van der Waals surface area contributed by atoms with Gasteiger partial charge in [-0.25, -0.2) is 4.79 Å². The Hall–Kier alpha value is -2.90. The largest absolute Gasteiger partial charge is 0.492 e. The molecule has 2 aromatic carbocycles. The lowest BCUT2D eigenvalue weighted by Crippen LogP contribution is -2.66. The van der Waals surface area contributed by atoms with Gasteiger partial charge in [-0.05, 0) is 24.1 Å². The minimum absolute atomic E-state index is 0.0931. The van der Waals surface area contributed by atoms with Crippen molar-refractivity contribution in [3.63, 3.8) is 0 Å². The van der Waals surface area contributed by atoms with Gasteiger partial charge in [0.25, 0.3) is 0 Å². The Labute approximate surface area is 141 Å². The number of hydrogen-bond acceptors (Lipinski definition) is 3. The third-order valence-electron chi connectivity index (χ3n) is 3.55. The highest BCUT2D eigenvalue weighted by atomic mass is 19.4. The van der Waals surface area contributed by atoms with Gasteiger partial charge in [0.15, 0.2) is 11.5 Å². The van der Waals surface area contributed by atoms with E-state index in [4.69, 9.17) is 9.47 Å². The van der Waals surface area contributed by atoms with Crippen LogP contribution in [0.5, 0.6) is 11.5 Å². The van der Waals surface area contributed by atoms with Gasteiger partial charge in [0, 0.05) is 6.54 Å². The van der Waals surface area contributed by atoms with E-state index in [1.807, 2.05) is 30.3 Å². The number of nitrogens with one attached hydrogen (secondary N) is 2. The van der Waals surface area contributed by atoms with Crippen LogP contribution in [0.15, 0.2) is 54.6 Å². The molecule has 132 valence electrons. The molecular formula is C17H15F3N2O3. The van der Waals surface area contributed by atoms with Crippen molar-refractivity contribution in [3.8, 4) is 11.5 Å². The van der Waals surface area contributed by atoms with Crippen LogP contribution in [-0.4, -0.2) is 24.7 Å². The summed E-state index contributed by atoms with van der Waals surface area (Å²) < 4.78 is 50.1. The molecule has 1 aliphatic heterocycles. The molecule has 0 bridgehead atoms. The maximum atomic E-state index is 13.4.